The Kier molecular flexibility index (Phi) is 17.7. The Balaban J connectivity index is 0.000000150. The number of aldehydes is 1. The average molecular weight is 1390 g/mol. The van der Waals surface area contributed by atoms with Crippen molar-refractivity contribution in [3.8, 4) is 56.6 Å². The third-order valence-corrected chi connectivity index (χ3v) is 20.6. The first-order valence-corrected chi connectivity index (χ1v) is 34.4. The number of rotatable bonds is 12. The largest absolute Gasteiger partial charge is 0.490 e. The van der Waals surface area contributed by atoms with Gasteiger partial charge >= 0.3 is 7.12 Å². The second-order valence-corrected chi connectivity index (χ2v) is 28.9. The lowest BCUT2D eigenvalue weighted by atomic mass is 9.77. The number of furan rings is 2. The number of allylic oxidation sites excluding steroid dienone is 1. The third kappa shape index (κ3) is 12.3. The lowest BCUT2D eigenvalue weighted by Crippen LogP contribution is -2.41. The van der Waals surface area contributed by atoms with Crippen LogP contribution in [0.15, 0.2) is 154 Å². The van der Waals surface area contributed by atoms with E-state index in [-0.39, 0.29) is 85.7 Å². The molecule has 2 aliphatic heterocycles. The summed E-state index contributed by atoms with van der Waals surface area (Å²) in [6.07, 6.45) is 4.12. The maximum atomic E-state index is 14.6. The number of hydrogen-bond acceptors (Lipinski definition) is 14. The van der Waals surface area contributed by atoms with E-state index in [1.165, 1.54) is 113 Å². The average Bonchev–Trinajstić information content (AvgIpc) is 1.56. The number of anilines is 2. The van der Waals surface area contributed by atoms with Gasteiger partial charge in [0, 0.05) is 89.9 Å². The molecule has 1 saturated heterocycles. The Morgan fingerprint density at radius 1 is 0.663 bits per heavy atom. The molecule has 1 aliphatic carbocycles. The topological polar surface area (TPSA) is 246 Å². The molecule has 1 atom stereocenters. The first kappa shape index (κ1) is 68.0. The Morgan fingerprint density at radius 2 is 1.15 bits per heavy atom. The normalized spacial score (nSPS) is 15.0. The molecule has 27 heteroatoms. The smallest absolute Gasteiger partial charge is 0.455 e. The standard InChI is InChI=1S/C32H24F2N4O5S.C24H19ClFN3O5S.C15H18BFO2/c1-35-31(39)28-21-13-20(25(37(2)44(3,41)42)15-27(21)43-30(28)16-7-9-17(33)10-8-16)23-12-11-18-29(36-23)26-14-19-22(34)5-4-6-24(19)38(26)32(18)40;1-27-24(31)21-17-10-16(18-9-6-14(12-30)23(25)28-18)19(29(2)35(3,32)33)11-20(17)34-22(21)13-4-7-15(26)8-5-13;1-14(2)15(3,4)19-16(18-14)11-8-10-6-5-7-13(17)12(10)9-11/h4-15,32,40H,1-3H3,(H,35,39);4-12H,1-3H3,(H,27,31);5-7,9H,8H2,1-4H3. The van der Waals surface area contributed by atoms with Crippen LogP contribution in [0.4, 0.5) is 28.9 Å². The van der Waals surface area contributed by atoms with Gasteiger partial charge in [-0.3, -0.25) is 23.0 Å². The number of nitrogens with one attached hydrogen (secondary N) is 2. The van der Waals surface area contributed by atoms with Crippen molar-refractivity contribution in [1.82, 2.24) is 25.2 Å². The van der Waals surface area contributed by atoms with Gasteiger partial charge in [0.2, 0.25) is 20.0 Å². The van der Waals surface area contributed by atoms with E-state index in [2.05, 4.69) is 15.6 Å². The van der Waals surface area contributed by atoms with Gasteiger partial charge in [-0.1, -0.05) is 41.9 Å². The van der Waals surface area contributed by atoms with Crippen LogP contribution in [-0.4, -0.2) is 114 Å². The number of carbonyl (C=O) groups excluding carboxylic acids is 3. The molecule has 6 aromatic carbocycles. The second kappa shape index (κ2) is 25.5. The van der Waals surface area contributed by atoms with Crippen LogP contribution in [-0.2, 0) is 35.8 Å². The molecule has 2 amide bonds. The fourth-order valence-electron chi connectivity index (χ4n) is 11.9. The van der Waals surface area contributed by atoms with E-state index in [1.54, 1.807) is 53.1 Å². The number of benzene rings is 6. The van der Waals surface area contributed by atoms with Gasteiger partial charge in [0.25, 0.3) is 11.8 Å². The highest BCUT2D eigenvalue weighted by Crippen LogP contribution is 2.48. The number of amides is 2. The number of aromatic nitrogens is 3. The molecule has 502 valence electrons. The van der Waals surface area contributed by atoms with Crippen LogP contribution in [0.3, 0.4) is 0 Å². The zero-order valence-electron chi connectivity index (χ0n) is 54.2. The molecule has 0 radical (unpaired) electrons. The second-order valence-electron chi connectivity index (χ2n) is 24.5. The Bertz CT molecular complexity index is 5380. The maximum absolute atomic E-state index is 14.6. The molecule has 1 fully saturated rings. The number of aliphatic hydroxyl groups is 1. The summed E-state index contributed by atoms with van der Waals surface area (Å²) in [6, 6.07) is 34.9. The molecule has 0 spiro atoms. The first-order valence-electron chi connectivity index (χ1n) is 30.3. The monoisotopic (exact) mass is 1390 g/mol. The van der Waals surface area contributed by atoms with Crippen LogP contribution >= 0.6 is 11.6 Å². The molecule has 98 heavy (non-hydrogen) atoms. The Hall–Kier alpha value is -9.96. The Morgan fingerprint density at radius 3 is 1.63 bits per heavy atom. The van der Waals surface area contributed by atoms with Crippen LogP contribution in [0.2, 0.25) is 5.15 Å². The minimum Gasteiger partial charge on any atom is -0.455 e. The van der Waals surface area contributed by atoms with Crippen molar-refractivity contribution >= 4 is 107 Å². The van der Waals surface area contributed by atoms with Gasteiger partial charge in [-0.05, 0) is 148 Å². The predicted molar refractivity (Wildman–Crippen MR) is 369 cm³/mol. The van der Waals surface area contributed by atoms with Crippen molar-refractivity contribution in [2.75, 3.05) is 49.3 Å². The van der Waals surface area contributed by atoms with E-state index in [1.807, 2.05) is 39.8 Å². The molecule has 5 aromatic heterocycles. The van der Waals surface area contributed by atoms with E-state index in [4.69, 9.17) is 34.7 Å². The number of halogens is 5. The van der Waals surface area contributed by atoms with Gasteiger partial charge in [-0.25, -0.2) is 44.4 Å². The zero-order valence-corrected chi connectivity index (χ0v) is 56.6. The summed E-state index contributed by atoms with van der Waals surface area (Å²) < 4.78 is 134. The minimum atomic E-state index is -3.77. The number of sulfonamides is 2. The highest BCUT2D eigenvalue weighted by atomic mass is 35.5. The molecule has 11 aromatic rings. The number of nitrogens with zero attached hydrogens (tertiary/aromatic N) is 5. The molecule has 7 heterocycles. The summed E-state index contributed by atoms with van der Waals surface area (Å²) in [7, 11) is -2.17. The van der Waals surface area contributed by atoms with Crippen molar-refractivity contribution in [3.05, 3.63) is 207 Å². The first-order chi connectivity index (χ1) is 46.3. The van der Waals surface area contributed by atoms with Gasteiger partial charge in [-0.15, -0.1) is 0 Å². The van der Waals surface area contributed by atoms with E-state index in [0.717, 1.165) is 32.2 Å². The third-order valence-electron chi connectivity index (χ3n) is 17.9. The fraction of sp³-hybridized carbons (Fsp3) is 0.197. The van der Waals surface area contributed by atoms with Gasteiger partial charge in [-0.2, -0.15) is 0 Å². The molecule has 1 unspecified atom stereocenters. The highest BCUT2D eigenvalue weighted by molar-refractivity contribution is 7.92. The summed E-state index contributed by atoms with van der Waals surface area (Å²) in [5.74, 6) is -2.07. The highest BCUT2D eigenvalue weighted by Gasteiger charge is 2.53. The van der Waals surface area contributed by atoms with Gasteiger partial charge in [0.15, 0.2) is 12.5 Å². The lowest BCUT2D eigenvalue weighted by molar-refractivity contribution is 0.00578. The molecular formula is C71H61BClF4N7O12S2. The zero-order chi connectivity index (χ0) is 70.4. The maximum Gasteiger partial charge on any atom is 0.490 e. The lowest BCUT2D eigenvalue weighted by Gasteiger charge is -2.32. The summed E-state index contributed by atoms with van der Waals surface area (Å²) in [5, 5.41) is 17.4. The summed E-state index contributed by atoms with van der Waals surface area (Å²) in [4.78, 5) is 46.3. The van der Waals surface area contributed by atoms with E-state index < -0.39 is 55.5 Å². The van der Waals surface area contributed by atoms with Crippen molar-refractivity contribution < 1.29 is 72.0 Å². The Labute approximate surface area is 565 Å². The van der Waals surface area contributed by atoms with Gasteiger partial charge in [0.05, 0.1) is 80.1 Å². The van der Waals surface area contributed by atoms with Crippen LogP contribution in [0.25, 0.3) is 95.5 Å². The predicted octanol–water partition coefficient (Wildman–Crippen LogP) is 13.6. The van der Waals surface area contributed by atoms with Crippen molar-refractivity contribution in [1.29, 1.82) is 0 Å². The number of carbonyl (C=O) groups is 3. The van der Waals surface area contributed by atoms with Crippen molar-refractivity contribution in [2.45, 2.75) is 51.5 Å². The summed E-state index contributed by atoms with van der Waals surface area (Å²) >= 11 is 6.13. The van der Waals surface area contributed by atoms with Gasteiger partial charge in [0.1, 0.15) is 51.1 Å². The number of aliphatic hydroxyl groups excluding tert-OH is 1. The molecule has 3 N–H and O–H groups in total. The fourth-order valence-corrected chi connectivity index (χ4v) is 13.1. The van der Waals surface area contributed by atoms with Crippen LogP contribution in [0.1, 0.15) is 81.7 Å². The SMILES string of the molecule is CC1(C)OB(C2=Cc3c(F)cccc3C2)OC1(C)C.CNC(=O)c1c(-c2ccc(F)cc2)oc2cc(N(C)S(C)(=O)=O)c(-c3ccc(C=O)c(Cl)n3)cc12.CNC(=O)c1c(-c2ccc(F)cc2)oc2cc(N(C)S(C)(=O)=O)c(-c3ccc4c(n3)-c3cc5c(F)cccc5n3C4O)cc12. The van der Waals surface area contributed by atoms with Crippen LogP contribution in [0, 0.1) is 23.3 Å². The van der Waals surface area contributed by atoms with E-state index >= 15 is 0 Å². The molecule has 0 saturated carbocycles. The van der Waals surface area contributed by atoms with Crippen LogP contribution in [0.5, 0.6) is 0 Å². The number of hydrogen-bond donors (Lipinski definition) is 3. The molecule has 3 aliphatic rings. The molecular weight excluding hydrogens is 1330 g/mol. The quantitative estimate of drug-likeness (QED) is 0.0446. The van der Waals surface area contributed by atoms with E-state index in [9.17, 15) is 53.9 Å². The minimum absolute atomic E-state index is 0.0590. The number of fused-ring (bicyclic) bond motifs is 8. The van der Waals surface area contributed by atoms with E-state index in [0.29, 0.717) is 84.8 Å². The van der Waals surface area contributed by atoms with Crippen molar-refractivity contribution in [3.63, 3.8) is 0 Å². The van der Waals surface area contributed by atoms with Crippen molar-refractivity contribution in [2.24, 2.45) is 0 Å². The molecule has 14 rings (SSSR count). The van der Waals surface area contributed by atoms with Crippen LogP contribution < -0.4 is 19.2 Å². The number of pyridine rings is 2. The summed E-state index contributed by atoms with van der Waals surface area (Å²) in [6.45, 7) is 8.10. The van der Waals surface area contributed by atoms with Gasteiger partial charge < -0.3 is 38.5 Å². The molecule has 0 bridgehead atoms. The molecule has 19 nitrogen and oxygen atoms in total. The summed E-state index contributed by atoms with van der Waals surface area (Å²) in [5.41, 5.74) is 7.52.